The summed E-state index contributed by atoms with van der Waals surface area (Å²) in [6.45, 7) is 5.99. The lowest BCUT2D eigenvalue weighted by molar-refractivity contribution is -0.116. The number of nitrogens with one attached hydrogen (secondary N) is 1. The number of amides is 1. The van der Waals surface area contributed by atoms with Crippen LogP contribution in [0.4, 0.5) is 11.5 Å². The minimum absolute atomic E-state index is 0.00710. The molecule has 3 rings (SSSR count). The third-order valence-corrected chi connectivity index (χ3v) is 4.69. The summed E-state index contributed by atoms with van der Waals surface area (Å²) >= 11 is 0. The minimum atomic E-state index is -0.00710. The van der Waals surface area contributed by atoms with Gasteiger partial charge in [-0.2, -0.15) is 5.10 Å². The summed E-state index contributed by atoms with van der Waals surface area (Å²) in [5.74, 6) is 1.53. The molecule has 3 aromatic rings. The number of carbonyl (C=O) groups excluding carboxylic acids is 1. The second-order valence-corrected chi connectivity index (χ2v) is 7.10. The summed E-state index contributed by atoms with van der Waals surface area (Å²) in [5.41, 5.74) is 4.95. The van der Waals surface area contributed by atoms with Crippen molar-refractivity contribution < 1.29 is 4.79 Å². The van der Waals surface area contributed by atoms with Gasteiger partial charge in [0, 0.05) is 38.0 Å². The predicted molar refractivity (Wildman–Crippen MR) is 111 cm³/mol. The van der Waals surface area contributed by atoms with Crippen molar-refractivity contribution in [3.63, 3.8) is 0 Å². The number of anilines is 2. The molecule has 2 aromatic heterocycles. The van der Waals surface area contributed by atoms with E-state index in [0.29, 0.717) is 12.8 Å². The van der Waals surface area contributed by atoms with E-state index in [2.05, 4.69) is 20.4 Å². The van der Waals surface area contributed by atoms with Gasteiger partial charge in [-0.05, 0) is 44.9 Å². The number of benzene rings is 1. The second-order valence-electron chi connectivity index (χ2n) is 7.10. The molecule has 28 heavy (non-hydrogen) atoms. The third kappa shape index (κ3) is 4.36. The quantitative estimate of drug-likeness (QED) is 0.713. The minimum Gasteiger partial charge on any atom is -0.363 e. The van der Waals surface area contributed by atoms with E-state index in [9.17, 15) is 4.79 Å². The van der Waals surface area contributed by atoms with Crippen LogP contribution in [0.3, 0.4) is 0 Å². The fraction of sp³-hybridized carbons (Fsp3) is 0.333. The highest BCUT2D eigenvalue weighted by Crippen LogP contribution is 2.20. The van der Waals surface area contributed by atoms with Crippen molar-refractivity contribution in [2.24, 2.45) is 0 Å². The van der Waals surface area contributed by atoms with Crippen molar-refractivity contribution in [1.29, 1.82) is 0 Å². The van der Waals surface area contributed by atoms with Crippen LogP contribution in [0.2, 0.25) is 0 Å². The molecule has 0 spiro atoms. The van der Waals surface area contributed by atoms with Gasteiger partial charge < -0.3 is 10.2 Å². The maximum absolute atomic E-state index is 12.3. The molecule has 7 nitrogen and oxygen atoms in total. The molecular formula is C21H26N6O. The highest BCUT2D eigenvalue weighted by Gasteiger charge is 2.15. The van der Waals surface area contributed by atoms with E-state index in [0.717, 1.165) is 34.3 Å². The number of aromatic nitrogens is 4. The van der Waals surface area contributed by atoms with Crippen molar-refractivity contribution >= 4 is 17.4 Å². The van der Waals surface area contributed by atoms with Crippen molar-refractivity contribution in [2.75, 3.05) is 24.3 Å². The molecule has 0 bridgehead atoms. The van der Waals surface area contributed by atoms with Gasteiger partial charge >= 0.3 is 0 Å². The predicted octanol–water partition coefficient (Wildman–Crippen LogP) is 3.22. The van der Waals surface area contributed by atoms with Gasteiger partial charge in [-0.3, -0.25) is 4.79 Å². The molecule has 0 radical (unpaired) electrons. The molecule has 0 aliphatic heterocycles. The maximum atomic E-state index is 12.3. The molecule has 0 aliphatic rings. The van der Waals surface area contributed by atoms with E-state index in [-0.39, 0.29) is 5.91 Å². The zero-order valence-corrected chi connectivity index (χ0v) is 17.0. The molecular weight excluding hydrogens is 352 g/mol. The van der Waals surface area contributed by atoms with E-state index >= 15 is 0 Å². The zero-order valence-electron chi connectivity index (χ0n) is 17.0. The van der Waals surface area contributed by atoms with Crippen LogP contribution < -0.4 is 10.2 Å². The Bertz CT molecular complexity index is 975. The summed E-state index contributed by atoms with van der Waals surface area (Å²) in [5, 5.41) is 7.57. The molecule has 0 unspecified atom stereocenters. The van der Waals surface area contributed by atoms with Crippen molar-refractivity contribution in [3.05, 3.63) is 59.2 Å². The normalized spacial score (nSPS) is 10.8. The summed E-state index contributed by atoms with van der Waals surface area (Å²) in [7, 11) is 3.87. The van der Waals surface area contributed by atoms with E-state index in [1.54, 1.807) is 0 Å². The van der Waals surface area contributed by atoms with Crippen molar-refractivity contribution in [2.45, 2.75) is 33.6 Å². The van der Waals surface area contributed by atoms with Gasteiger partial charge in [0.1, 0.15) is 12.1 Å². The first kappa shape index (κ1) is 19.5. The Labute approximate surface area is 165 Å². The first-order valence-electron chi connectivity index (χ1n) is 9.26. The van der Waals surface area contributed by atoms with Crippen LogP contribution >= 0.6 is 0 Å². The van der Waals surface area contributed by atoms with E-state index in [1.165, 1.54) is 11.9 Å². The lowest BCUT2D eigenvalue weighted by atomic mass is 10.1. The summed E-state index contributed by atoms with van der Waals surface area (Å²) in [6.07, 6.45) is 2.56. The Morgan fingerprint density at radius 1 is 1.11 bits per heavy atom. The van der Waals surface area contributed by atoms with Crippen LogP contribution in [0.5, 0.6) is 0 Å². The molecule has 146 valence electrons. The van der Waals surface area contributed by atoms with Gasteiger partial charge in [0.05, 0.1) is 5.69 Å². The van der Waals surface area contributed by atoms with Gasteiger partial charge in [0.15, 0.2) is 5.82 Å². The van der Waals surface area contributed by atoms with Crippen LogP contribution in [0.1, 0.15) is 28.9 Å². The molecule has 1 N–H and O–H groups in total. The molecule has 0 aliphatic carbocycles. The molecule has 1 amide bonds. The van der Waals surface area contributed by atoms with Crippen LogP contribution in [0.15, 0.2) is 36.7 Å². The molecule has 7 heteroatoms. The van der Waals surface area contributed by atoms with Gasteiger partial charge in [0.2, 0.25) is 5.91 Å². The van der Waals surface area contributed by atoms with Gasteiger partial charge in [-0.1, -0.05) is 17.7 Å². The first-order valence-corrected chi connectivity index (χ1v) is 9.26. The Kier molecular flexibility index (Phi) is 5.73. The largest absolute Gasteiger partial charge is 0.363 e. The third-order valence-electron chi connectivity index (χ3n) is 4.69. The first-order chi connectivity index (χ1) is 13.3. The number of hydrogen-bond donors (Lipinski definition) is 1. The van der Waals surface area contributed by atoms with Crippen molar-refractivity contribution in [3.8, 4) is 5.82 Å². The van der Waals surface area contributed by atoms with Crippen LogP contribution in [0, 0.1) is 20.8 Å². The van der Waals surface area contributed by atoms with Gasteiger partial charge in [-0.15, -0.1) is 0 Å². The molecule has 0 atom stereocenters. The van der Waals surface area contributed by atoms with Crippen LogP contribution in [0.25, 0.3) is 5.82 Å². The van der Waals surface area contributed by atoms with E-state index in [4.69, 9.17) is 0 Å². The van der Waals surface area contributed by atoms with E-state index in [1.807, 2.05) is 74.8 Å². The van der Waals surface area contributed by atoms with Crippen molar-refractivity contribution in [1.82, 2.24) is 19.7 Å². The molecule has 0 saturated heterocycles. The topological polar surface area (TPSA) is 75.9 Å². The summed E-state index contributed by atoms with van der Waals surface area (Å²) in [6, 6.07) is 9.70. The second kappa shape index (κ2) is 8.21. The average molecular weight is 378 g/mol. The number of rotatable bonds is 6. The van der Waals surface area contributed by atoms with Crippen LogP contribution in [-0.2, 0) is 11.2 Å². The zero-order chi connectivity index (χ0) is 20.3. The fourth-order valence-electron chi connectivity index (χ4n) is 3.06. The molecule has 2 heterocycles. The number of nitrogens with zero attached hydrogens (tertiary/aromatic N) is 5. The lowest BCUT2D eigenvalue weighted by Crippen LogP contribution is -2.13. The molecule has 1 aromatic carbocycles. The van der Waals surface area contributed by atoms with Gasteiger partial charge in [0.25, 0.3) is 0 Å². The lowest BCUT2D eigenvalue weighted by Gasteiger charge is -2.12. The Morgan fingerprint density at radius 3 is 2.50 bits per heavy atom. The SMILES string of the molecule is Cc1ccc(NC(=O)CCc2c(C)nn(-c3cc(N(C)C)ncn3)c2C)cc1. The van der Waals surface area contributed by atoms with E-state index < -0.39 is 0 Å². The Balaban J connectivity index is 1.72. The number of aryl methyl sites for hydroxylation is 2. The monoisotopic (exact) mass is 378 g/mol. The Morgan fingerprint density at radius 2 is 1.82 bits per heavy atom. The number of hydrogen-bond acceptors (Lipinski definition) is 5. The molecule has 0 fully saturated rings. The highest BCUT2D eigenvalue weighted by atomic mass is 16.1. The highest BCUT2D eigenvalue weighted by molar-refractivity contribution is 5.90. The smallest absolute Gasteiger partial charge is 0.224 e. The Hall–Kier alpha value is -3.22. The van der Waals surface area contributed by atoms with Crippen LogP contribution in [-0.4, -0.2) is 39.8 Å². The summed E-state index contributed by atoms with van der Waals surface area (Å²) < 4.78 is 1.82. The van der Waals surface area contributed by atoms with Gasteiger partial charge in [-0.25, -0.2) is 14.6 Å². The molecule has 0 saturated carbocycles. The maximum Gasteiger partial charge on any atom is 0.224 e. The number of carbonyl (C=O) groups is 1. The summed E-state index contributed by atoms with van der Waals surface area (Å²) in [4.78, 5) is 22.8. The average Bonchev–Trinajstić information content (AvgIpc) is 2.96. The standard InChI is InChI=1S/C21H26N6O/c1-14-6-8-17(9-7-14)24-21(28)11-10-18-15(2)25-27(16(18)3)20-12-19(26(4)5)22-13-23-20/h6-9,12-13H,10-11H2,1-5H3,(H,24,28). The fourth-order valence-corrected chi connectivity index (χ4v) is 3.06.